The van der Waals surface area contributed by atoms with Gasteiger partial charge >= 0.3 is 11.4 Å². The van der Waals surface area contributed by atoms with Gasteiger partial charge < -0.3 is 14.5 Å². The third-order valence-electron chi connectivity index (χ3n) is 3.33. The number of carbonyl (C=O) groups excluding carboxylic acids is 1. The number of aryl methyl sites for hydroxylation is 1. The molecular formula is C17H19N5O6. The molecule has 1 amide bonds. The average Bonchev–Trinajstić information content (AvgIpc) is 2.62. The number of benzene rings is 1. The van der Waals surface area contributed by atoms with Crippen LogP contribution in [-0.2, 0) is 0 Å². The average molecular weight is 389 g/mol. The first-order valence-electron chi connectivity index (χ1n) is 8.35. The maximum absolute atomic E-state index is 12.0. The molecule has 2 rings (SSSR count). The van der Waals surface area contributed by atoms with Gasteiger partial charge in [-0.1, -0.05) is 0 Å². The van der Waals surface area contributed by atoms with E-state index in [4.69, 9.17) is 9.47 Å². The highest BCUT2D eigenvalue weighted by Gasteiger charge is 2.22. The Balaban J connectivity index is 2.28. The summed E-state index contributed by atoms with van der Waals surface area (Å²) < 4.78 is 10.8. The van der Waals surface area contributed by atoms with Crippen LogP contribution in [0.5, 0.6) is 11.5 Å². The van der Waals surface area contributed by atoms with Crippen LogP contribution in [0.1, 0.15) is 35.6 Å². The van der Waals surface area contributed by atoms with Gasteiger partial charge in [-0.25, -0.2) is 10.2 Å². The topological polar surface area (TPSA) is 149 Å². The Bertz CT molecular complexity index is 969. The molecule has 0 saturated heterocycles. The van der Waals surface area contributed by atoms with Gasteiger partial charge in [-0.3, -0.25) is 14.9 Å². The maximum atomic E-state index is 12.0. The number of ether oxygens (including phenoxy) is 2. The Labute approximate surface area is 159 Å². The molecule has 2 N–H and O–H groups in total. The number of aromatic amines is 1. The van der Waals surface area contributed by atoms with Crippen molar-refractivity contribution in [3.63, 3.8) is 0 Å². The van der Waals surface area contributed by atoms with Crippen LogP contribution in [0.2, 0.25) is 0 Å². The van der Waals surface area contributed by atoms with E-state index in [0.29, 0.717) is 11.3 Å². The fraction of sp³-hybridized carbons (Fsp3) is 0.294. The smallest absolute Gasteiger partial charge is 0.345 e. The second kappa shape index (κ2) is 9.26. The maximum Gasteiger partial charge on any atom is 0.345 e. The number of amides is 1. The van der Waals surface area contributed by atoms with Crippen LogP contribution in [0, 0.1) is 17.0 Å². The molecule has 11 nitrogen and oxygen atoms in total. The zero-order valence-corrected chi connectivity index (χ0v) is 15.5. The number of nitro groups is 1. The number of nitrogens with zero attached hydrogens (tertiary/aromatic N) is 3. The Morgan fingerprint density at radius 2 is 2.04 bits per heavy atom. The van der Waals surface area contributed by atoms with Crippen molar-refractivity contribution in [1.82, 2.24) is 15.4 Å². The van der Waals surface area contributed by atoms with Crippen molar-refractivity contribution in [2.45, 2.75) is 20.8 Å². The quantitative estimate of drug-likeness (QED) is 0.395. The first-order chi connectivity index (χ1) is 13.3. The Hall–Kier alpha value is -3.76. The van der Waals surface area contributed by atoms with Crippen LogP contribution in [0.4, 0.5) is 5.69 Å². The van der Waals surface area contributed by atoms with E-state index in [2.05, 4.69) is 20.5 Å². The molecule has 28 heavy (non-hydrogen) atoms. The van der Waals surface area contributed by atoms with Crippen LogP contribution < -0.4 is 20.6 Å². The van der Waals surface area contributed by atoms with E-state index in [-0.39, 0.29) is 36.1 Å². The molecule has 11 heteroatoms. The summed E-state index contributed by atoms with van der Waals surface area (Å²) in [6.45, 7) is 5.56. The Morgan fingerprint density at radius 1 is 1.32 bits per heavy atom. The number of carbonyl (C=O) groups is 1. The minimum atomic E-state index is -0.698. The first kappa shape index (κ1) is 20.6. The summed E-state index contributed by atoms with van der Waals surface area (Å²) in [6.07, 6.45) is 1.21. The van der Waals surface area contributed by atoms with Crippen molar-refractivity contribution >= 4 is 17.8 Å². The summed E-state index contributed by atoms with van der Waals surface area (Å²) in [5, 5.41) is 15.1. The van der Waals surface area contributed by atoms with Crippen molar-refractivity contribution < 1.29 is 19.2 Å². The second-order valence-corrected chi connectivity index (χ2v) is 5.44. The molecule has 0 spiro atoms. The van der Waals surface area contributed by atoms with Crippen molar-refractivity contribution in [2.75, 3.05) is 13.2 Å². The number of hydrogen-bond acceptors (Lipinski definition) is 8. The summed E-state index contributed by atoms with van der Waals surface area (Å²) in [4.78, 5) is 40.1. The third-order valence-corrected chi connectivity index (χ3v) is 3.33. The lowest BCUT2D eigenvalue weighted by Crippen LogP contribution is -2.24. The summed E-state index contributed by atoms with van der Waals surface area (Å²) in [5.41, 5.74) is 1.95. The number of aromatic nitrogens is 2. The van der Waals surface area contributed by atoms with Crippen LogP contribution in [0.3, 0.4) is 0 Å². The number of nitrogens with one attached hydrogen (secondary N) is 2. The molecule has 0 unspecified atom stereocenters. The second-order valence-electron chi connectivity index (χ2n) is 5.44. The van der Waals surface area contributed by atoms with E-state index in [1.165, 1.54) is 24.4 Å². The van der Waals surface area contributed by atoms with Gasteiger partial charge in [-0.2, -0.15) is 10.1 Å². The molecule has 148 valence electrons. The lowest BCUT2D eigenvalue weighted by Gasteiger charge is -2.11. The molecule has 2 aromatic rings. The number of nitro benzene ring substituents is 1. The predicted octanol–water partition coefficient (Wildman–Crippen LogP) is 1.55. The molecule has 1 heterocycles. The Morgan fingerprint density at radius 3 is 2.64 bits per heavy atom. The molecule has 0 aliphatic carbocycles. The van der Waals surface area contributed by atoms with E-state index < -0.39 is 16.5 Å². The largest absolute Gasteiger partial charge is 0.490 e. The van der Waals surface area contributed by atoms with Gasteiger partial charge in [0.25, 0.3) is 5.91 Å². The van der Waals surface area contributed by atoms with Crippen LogP contribution >= 0.6 is 0 Å². The molecule has 1 aromatic heterocycles. The number of hydrogen-bond donors (Lipinski definition) is 2. The van der Waals surface area contributed by atoms with Crippen LogP contribution in [0.25, 0.3) is 0 Å². The zero-order chi connectivity index (χ0) is 20.7. The lowest BCUT2D eigenvalue weighted by molar-refractivity contribution is -0.385. The third kappa shape index (κ3) is 5.13. The SMILES string of the molecule is CCOc1cc(/C=N/NC(=O)c2cc(C)[nH]c(=O)n2)cc([N+](=O)[O-])c1OCC. The van der Waals surface area contributed by atoms with Crippen molar-refractivity contribution in [2.24, 2.45) is 5.10 Å². The predicted molar refractivity (Wildman–Crippen MR) is 100 cm³/mol. The molecular weight excluding hydrogens is 370 g/mol. The highest BCUT2D eigenvalue weighted by molar-refractivity contribution is 5.93. The van der Waals surface area contributed by atoms with Crippen molar-refractivity contribution in [1.29, 1.82) is 0 Å². The van der Waals surface area contributed by atoms with E-state index in [9.17, 15) is 19.7 Å². The lowest BCUT2D eigenvalue weighted by atomic mass is 10.2. The van der Waals surface area contributed by atoms with Crippen LogP contribution in [0.15, 0.2) is 28.1 Å². The summed E-state index contributed by atoms with van der Waals surface area (Å²) in [7, 11) is 0. The number of H-pyrrole nitrogens is 1. The molecule has 0 fully saturated rings. The van der Waals surface area contributed by atoms with Gasteiger partial charge in [-0.15, -0.1) is 0 Å². The molecule has 1 aromatic carbocycles. The fourth-order valence-electron chi connectivity index (χ4n) is 2.29. The van der Waals surface area contributed by atoms with Crippen LogP contribution in [-0.4, -0.2) is 40.2 Å². The number of rotatable bonds is 8. The first-order valence-corrected chi connectivity index (χ1v) is 8.35. The minimum Gasteiger partial charge on any atom is -0.490 e. The molecule has 0 atom stereocenters. The standard InChI is InChI=1S/C17H19N5O6/c1-4-27-14-8-11(7-13(22(25)26)15(14)28-5-2)9-18-21-16(23)12-6-10(3)19-17(24)20-12/h6-9H,4-5H2,1-3H3,(H,21,23)(H,19,20,24)/b18-9+. The molecule has 0 saturated carbocycles. The Kier molecular flexibility index (Phi) is 6.79. The van der Waals surface area contributed by atoms with E-state index in [0.717, 1.165) is 0 Å². The van der Waals surface area contributed by atoms with E-state index in [1.54, 1.807) is 20.8 Å². The highest BCUT2D eigenvalue weighted by atomic mass is 16.6. The van der Waals surface area contributed by atoms with Gasteiger partial charge in [0, 0.05) is 17.3 Å². The normalized spacial score (nSPS) is 10.7. The minimum absolute atomic E-state index is 0.0266. The zero-order valence-electron chi connectivity index (χ0n) is 15.5. The molecule has 0 radical (unpaired) electrons. The summed E-state index contributed by atoms with van der Waals surface area (Å²) >= 11 is 0. The monoisotopic (exact) mass is 389 g/mol. The van der Waals surface area contributed by atoms with Gasteiger partial charge in [0.1, 0.15) is 5.69 Å². The van der Waals surface area contributed by atoms with Gasteiger partial charge in [0.05, 0.1) is 24.4 Å². The fourth-order valence-corrected chi connectivity index (χ4v) is 2.29. The van der Waals surface area contributed by atoms with E-state index >= 15 is 0 Å². The summed E-state index contributed by atoms with van der Waals surface area (Å²) in [5.74, 6) is -0.479. The molecule has 0 aliphatic heterocycles. The molecule has 0 bridgehead atoms. The molecule has 0 aliphatic rings. The summed E-state index contributed by atoms with van der Waals surface area (Å²) in [6, 6.07) is 4.15. The number of hydrazone groups is 1. The van der Waals surface area contributed by atoms with Crippen molar-refractivity contribution in [3.05, 3.63) is 55.7 Å². The highest BCUT2D eigenvalue weighted by Crippen LogP contribution is 2.38. The van der Waals surface area contributed by atoms with Gasteiger partial charge in [0.15, 0.2) is 5.75 Å². The van der Waals surface area contributed by atoms with Gasteiger partial charge in [0.2, 0.25) is 5.75 Å². The van der Waals surface area contributed by atoms with Gasteiger partial charge in [-0.05, 0) is 32.9 Å². The van der Waals surface area contributed by atoms with E-state index in [1.807, 2.05) is 0 Å². The van der Waals surface area contributed by atoms with Crippen molar-refractivity contribution in [3.8, 4) is 11.5 Å².